The number of hydrogen-bond acceptors (Lipinski definition) is 5. The Bertz CT molecular complexity index is 570. The molecule has 0 aliphatic rings. The smallest absolute Gasteiger partial charge is 0.144 e. The second-order valence-electron chi connectivity index (χ2n) is 4.15. The third kappa shape index (κ3) is 3.13. The van der Waals surface area contributed by atoms with Crippen LogP contribution < -0.4 is 0 Å². The molecular formula is C13H14N4S. The van der Waals surface area contributed by atoms with Crippen LogP contribution in [0.3, 0.4) is 0 Å². The SMILES string of the molecule is Cc1nc(CN(C)Cc2cccnc2C#N)cs1. The molecule has 0 bridgehead atoms. The van der Waals surface area contributed by atoms with Crippen molar-refractivity contribution in [1.82, 2.24) is 14.9 Å². The van der Waals surface area contributed by atoms with E-state index in [1.165, 1.54) is 0 Å². The molecule has 0 atom stereocenters. The van der Waals surface area contributed by atoms with E-state index >= 15 is 0 Å². The van der Waals surface area contributed by atoms with Crippen LogP contribution in [-0.2, 0) is 13.1 Å². The van der Waals surface area contributed by atoms with Crippen LogP contribution in [0, 0.1) is 18.3 Å². The summed E-state index contributed by atoms with van der Waals surface area (Å²) in [6, 6.07) is 5.91. The van der Waals surface area contributed by atoms with E-state index in [9.17, 15) is 0 Å². The molecule has 0 amide bonds. The Morgan fingerprint density at radius 2 is 2.28 bits per heavy atom. The maximum atomic E-state index is 8.98. The highest BCUT2D eigenvalue weighted by molar-refractivity contribution is 7.09. The summed E-state index contributed by atoms with van der Waals surface area (Å²) in [5.74, 6) is 0. The summed E-state index contributed by atoms with van der Waals surface area (Å²) < 4.78 is 0. The molecule has 2 heterocycles. The van der Waals surface area contributed by atoms with E-state index in [4.69, 9.17) is 5.26 Å². The summed E-state index contributed by atoms with van der Waals surface area (Å²) in [5, 5.41) is 12.1. The molecule has 0 spiro atoms. The minimum absolute atomic E-state index is 0.499. The fourth-order valence-electron chi connectivity index (χ4n) is 1.77. The molecule has 92 valence electrons. The van der Waals surface area contributed by atoms with Crippen LogP contribution in [-0.4, -0.2) is 21.9 Å². The van der Waals surface area contributed by atoms with Crippen molar-refractivity contribution < 1.29 is 0 Å². The summed E-state index contributed by atoms with van der Waals surface area (Å²) >= 11 is 1.66. The number of aromatic nitrogens is 2. The van der Waals surface area contributed by atoms with Gasteiger partial charge in [0.25, 0.3) is 0 Å². The minimum Gasteiger partial charge on any atom is -0.296 e. The van der Waals surface area contributed by atoms with E-state index in [-0.39, 0.29) is 0 Å². The molecule has 0 aliphatic carbocycles. The normalized spacial score (nSPS) is 10.6. The number of pyridine rings is 1. The van der Waals surface area contributed by atoms with Crippen molar-refractivity contribution in [1.29, 1.82) is 5.26 Å². The van der Waals surface area contributed by atoms with E-state index in [0.29, 0.717) is 12.2 Å². The molecule has 0 fully saturated rings. The van der Waals surface area contributed by atoms with Gasteiger partial charge in [-0.25, -0.2) is 9.97 Å². The van der Waals surface area contributed by atoms with Crippen molar-refractivity contribution in [3.05, 3.63) is 45.7 Å². The monoisotopic (exact) mass is 258 g/mol. The van der Waals surface area contributed by atoms with Crippen molar-refractivity contribution in [3.63, 3.8) is 0 Å². The molecule has 0 saturated carbocycles. The van der Waals surface area contributed by atoms with Gasteiger partial charge in [-0.3, -0.25) is 4.90 Å². The van der Waals surface area contributed by atoms with Crippen LogP contribution in [0.5, 0.6) is 0 Å². The highest BCUT2D eigenvalue weighted by Gasteiger charge is 2.08. The van der Waals surface area contributed by atoms with Gasteiger partial charge in [-0.15, -0.1) is 11.3 Å². The Kier molecular flexibility index (Phi) is 4.03. The first-order valence-corrected chi connectivity index (χ1v) is 6.50. The Morgan fingerprint density at radius 1 is 1.44 bits per heavy atom. The Labute approximate surface area is 111 Å². The van der Waals surface area contributed by atoms with Crippen LogP contribution in [0.2, 0.25) is 0 Å². The van der Waals surface area contributed by atoms with E-state index in [1.54, 1.807) is 17.5 Å². The van der Waals surface area contributed by atoms with Gasteiger partial charge >= 0.3 is 0 Å². The lowest BCUT2D eigenvalue weighted by Gasteiger charge is -2.15. The van der Waals surface area contributed by atoms with Crippen LogP contribution in [0.4, 0.5) is 0 Å². The van der Waals surface area contributed by atoms with E-state index in [2.05, 4.69) is 26.3 Å². The van der Waals surface area contributed by atoms with Gasteiger partial charge in [0.05, 0.1) is 10.7 Å². The zero-order valence-electron chi connectivity index (χ0n) is 10.4. The van der Waals surface area contributed by atoms with Crippen LogP contribution in [0.15, 0.2) is 23.7 Å². The topological polar surface area (TPSA) is 52.8 Å². The number of thiazole rings is 1. The second kappa shape index (κ2) is 5.71. The molecule has 18 heavy (non-hydrogen) atoms. The number of nitrogens with zero attached hydrogens (tertiary/aromatic N) is 4. The van der Waals surface area contributed by atoms with Crippen molar-refractivity contribution in [3.8, 4) is 6.07 Å². The Balaban J connectivity index is 2.03. The number of aryl methyl sites for hydroxylation is 1. The lowest BCUT2D eigenvalue weighted by molar-refractivity contribution is 0.315. The Morgan fingerprint density at radius 3 is 2.94 bits per heavy atom. The van der Waals surface area contributed by atoms with Crippen molar-refractivity contribution in [2.45, 2.75) is 20.0 Å². The van der Waals surface area contributed by atoms with Gasteiger partial charge in [0, 0.05) is 30.2 Å². The molecule has 5 heteroatoms. The molecular weight excluding hydrogens is 244 g/mol. The molecule has 0 N–H and O–H groups in total. The second-order valence-corrected chi connectivity index (χ2v) is 5.22. The summed E-state index contributed by atoms with van der Waals surface area (Å²) in [6.07, 6.45) is 1.64. The molecule has 4 nitrogen and oxygen atoms in total. The molecule has 0 unspecified atom stereocenters. The van der Waals surface area contributed by atoms with Crippen LogP contribution >= 0.6 is 11.3 Å². The average Bonchev–Trinajstić information content (AvgIpc) is 2.75. The summed E-state index contributed by atoms with van der Waals surface area (Å²) in [5.41, 5.74) is 2.52. The third-order valence-electron chi connectivity index (χ3n) is 2.54. The predicted molar refractivity (Wildman–Crippen MR) is 71.0 cm³/mol. The lowest BCUT2D eigenvalue weighted by atomic mass is 10.2. The van der Waals surface area contributed by atoms with Gasteiger partial charge < -0.3 is 0 Å². The molecule has 0 saturated heterocycles. The first-order valence-electron chi connectivity index (χ1n) is 5.62. The first-order chi connectivity index (χ1) is 8.69. The minimum atomic E-state index is 0.499. The zero-order valence-corrected chi connectivity index (χ0v) is 11.2. The average molecular weight is 258 g/mol. The van der Waals surface area contributed by atoms with Gasteiger partial charge in [0.15, 0.2) is 0 Å². The molecule has 2 aromatic rings. The fourth-order valence-corrected chi connectivity index (χ4v) is 2.37. The lowest BCUT2D eigenvalue weighted by Crippen LogP contribution is -2.18. The predicted octanol–water partition coefficient (Wildman–Crippen LogP) is 2.35. The molecule has 2 rings (SSSR count). The Hall–Kier alpha value is -1.77. The van der Waals surface area contributed by atoms with Crippen LogP contribution in [0.25, 0.3) is 0 Å². The summed E-state index contributed by atoms with van der Waals surface area (Å²) in [7, 11) is 2.02. The summed E-state index contributed by atoms with van der Waals surface area (Å²) in [6.45, 7) is 3.49. The third-order valence-corrected chi connectivity index (χ3v) is 3.36. The largest absolute Gasteiger partial charge is 0.296 e. The molecule has 2 aromatic heterocycles. The highest BCUT2D eigenvalue weighted by Crippen LogP contribution is 2.12. The first kappa shape index (κ1) is 12.7. The van der Waals surface area contributed by atoms with Gasteiger partial charge in [-0.2, -0.15) is 5.26 Å². The van der Waals surface area contributed by atoms with E-state index in [0.717, 1.165) is 22.8 Å². The maximum absolute atomic E-state index is 8.98. The maximum Gasteiger partial charge on any atom is 0.144 e. The fraction of sp³-hybridized carbons (Fsp3) is 0.308. The van der Waals surface area contributed by atoms with Crippen molar-refractivity contribution in [2.24, 2.45) is 0 Å². The van der Waals surface area contributed by atoms with Crippen LogP contribution in [0.1, 0.15) is 22.0 Å². The van der Waals surface area contributed by atoms with E-state index < -0.39 is 0 Å². The highest BCUT2D eigenvalue weighted by atomic mass is 32.1. The molecule has 0 aliphatic heterocycles. The van der Waals surface area contributed by atoms with E-state index in [1.807, 2.05) is 26.1 Å². The zero-order chi connectivity index (χ0) is 13.0. The van der Waals surface area contributed by atoms with Gasteiger partial charge in [0.1, 0.15) is 11.8 Å². The number of hydrogen-bond donors (Lipinski definition) is 0. The number of rotatable bonds is 4. The van der Waals surface area contributed by atoms with Gasteiger partial charge in [0.2, 0.25) is 0 Å². The number of nitriles is 1. The van der Waals surface area contributed by atoms with Gasteiger partial charge in [-0.1, -0.05) is 6.07 Å². The standard InChI is InChI=1S/C13H14N4S/c1-10-16-12(9-18-10)8-17(2)7-11-4-3-5-15-13(11)6-14/h3-5,9H,7-8H2,1-2H3. The van der Waals surface area contributed by atoms with Gasteiger partial charge in [-0.05, 0) is 20.0 Å². The van der Waals surface area contributed by atoms with Crippen molar-refractivity contribution >= 4 is 11.3 Å². The quantitative estimate of drug-likeness (QED) is 0.844. The molecule has 0 aromatic carbocycles. The molecule has 0 radical (unpaired) electrons. The summed E-state index contributed by atoms with van der Waals surface area (Å²) in [4.78, 5) is 10.6. The van der Waals surface area contributed by atoms with Crippen molar-refractivity contribution in [2.75, 3.05) is 7.05 Å².